The van der Waals surface area contributed by atoms with E-state index in [1.807, 2.05) is 16.7 Å². The van der Waals surface area contributed by atoms with Gasteiger partial charge in [0.25, 0.3) is 0 Å². The molecule has 1 saturated heterocycles. The summed E-state index contributed by atoms with van der Waals surface area (Å²) in [5, 5.41) is 6.78. The van der Waals surface area contributed by atoms with Crippen LogP contribution in [-0.2, 0) is 4.79 Å². The molecule has 1 heterocycles. The van der Waals surface area contributed by atoms with Crippen LogP contribution in [0.25, 0.3) is 0 Å². The van der Waals surface area contributed by atoms with Gasteiger partial charge in [-0.25, -0.2) is 0 Å². The fourth-order valence-corrected chi connectivity index (χ4v) is 3.90. The van der Waals surface area contributed by atoms with Gasteiger partial charge in [-0.1, -0.05) is 19.3 Å². The SMILES string of the molecule is O=C(CNCCNCC1CCCCC1)N1CCSCC1. The maximum absolute atomic E-state index is 11.9. The summed E-state index contributed by atoms with van der Waals surface area (Å²) in [4.78, 5) is 13.9. The fraction of sp³-hybridized carbons (Fsp3) is 0.933. The lowest BCUT2D eigenvalue weighted by Gasteiger charge is -2.26. The van der Waals surface area contributed by atoms with Gasteiger partial charge in [-0.05, 0) is 25.3 Å². The normalized spacial score (nSPS) is 21.1. The minimum absolute atomic E-state index is 0.262. The molecule has 0 bridgehead atoms. The summed E-state index contributed by atoms with van der Waals surface area (Å²) in [5.74, 6) is 3.33. The summed E-state index contributed by atoms with van der Waals surface area (Å²) in [7, 11) is 0. The molecular weight excluding hydrogens is 270 g/mol. The molecule has 0 atom stereocenters. The van der Waals surface area contributed by atoms with Gasteiger partial charge in [0.05, 0.1) is 6.54 Å². The molecule has 1 aliphatic carbocycles. The van der Waals surface area contributed by atoms with Crippen LogP contribution < -0.4 is 10.6 Å². The van der Waals surface area contributed by atoms with Gasteiger partial charge in [-0.2, -0.15) is 11.8 Å². The highest BCUT2D eigenvalue weighted by Gasteiger charge is 2.16. The molecule has 1 saturated carbocycles. The first kappa shape index (κ1) is 16.1. The number of rotatable bonds is 7. The Morgan fingerprint density at radius 1 is 1.05 bits per heavy atom. The van der Waals surface area contributed by atoms with Gasteiger partial charge in [0.1, 0.15) is 0 Å². The van der Waals surface area contributed by atoms with Crippen LogP contribution in [0.3, 0.4) is 0 Å². The van der Waals surface area contributed by atoms with Gasteiger partial charge in [-0.3, -0.25) is 4.79 Å². The number of nitrogens with one attached hydrogen (secondary N) is 2. The van der Waals surface area contributed by atoms with E-state index in [1.165, 1.54) is 32.1 Å². The van der Waals surface area contributed by atoms with Gasteiger partial charge in [0, 0.05) is 37.7 Å². The van der Waals surface area contributed by atoms with Crippen LogP contribution in [0.15, 0.2) is 0 Å². The third kappa shape index (κ3) is 6.02. The molecule has 2 aliphatic rings. The lowest BCUT2D eigenvalue weighted by atomic mass is 9.89. The second kappa shape index (κ2) is 9.64. The van der Waals surface area contributed by atoms with Crippen molar-refractivity contribution in [2.45, 2.75) is 32.1 Å². The third-order valence-corrected chi connectivity index (χ3v) is 5.22. The molecule has 5 heteroatoms. The predicted octanol–water partition coefficient (Wildman–Crippen LogP) is 1.32. The van der Waals surface area contributed by atoms with Crippen molar-refractivity contribution in [2.75, 3.05) is 50.8 Å². The summed E-state index contributed by atoms with van der Waals surface area (Å²) in [6.45, 7) is 5.35. The summed E-state index contributed by atoms with van der Waals surface area (Å²) in [5.41, 5.74) is 0. The first-order valence-corrected chi connectivity index (χ1v) is 9.28. The minimum Gasteiger partial charge on any atom is -0.340 e. The van der Waals surface area contributed by atoms with Crippen LogP contribution in [0, 0.1) is 5.92 Å². The van der Waals surface area contributed by atoms with E-state index in [1.54, 1.807) is 0 Å². The Kier molecular flexibility index (Phi) is 7.76. The van der Waals surface area contributed by atoms with Crippen molar-refractivity contribution in [1.82, 2.24) is 15.5 Å². The van der Waals surface area contributed by atoms with Gasteiger partial charge in [0.2, 0.25) is 5.91 Å². The molecule has 4 nitrogen and oxygen atoms in total. The summed E-state index contributed by atoms with van der Waals surface area (Å²) in [6, 6.07) is 0. The van der Waals surface area contributed by atoms with Crippen LogP contribution in [0.2, 0.25) is 0 Å². The van der Waals surface area contributed by atoms with Crippen LogP contribution in [0.1, 0.15) is 32.1 Å². The van der Waals surface area contributed by atoms with Crippen LogP contribution >= 0.6 is 11.8 Å². The Hall–Kier alpha value is -0.260. The van der Waals surface area contributed by atoms with Crippen molar-refractivity contribution in [3.8, 4) is 0 Å². The highest BCUT2D eigenvalue weighted by Crippen LogP contribution is 2.22. The van der Waals surface area contributed by atoms with Gasteiger partial charge >= 0.3 is 0 Å². The highest BCUT2D eigenvalue weighted by atomic mass is 32.2. The number of amides is 1. The Balaban J connectivity index is 1.43. The van der Waals surface area contributed by atoms with Crippen molar-refractivity contribution in [2.24, 2.45) is 5.92 Å². The second-order valence-corrected chi connectivity index (χ2v) is 7.10. The number of carbonyl (C=O) groups excluding carboxylic acids is 1. The first-order valence-electron chi connectivity index (χ1n) is 8.13. The lowest BCUT2D eigenvalue weighted by Crippen LogP contribution is -2.43. The number of hydrogen-bond donors (Lipinski definition) is 2. The van der Waals surface area contributed by atoms with E-state index >= 15 is 0 Å². The molecule has 0 aromatic rings. The Morgan fingerprint density at radius 2 is 1.75 bits per heavy atom. The fourth-order valence-electron chi connectivity index (χ4n) is 2.99. The summed E-state index contributed by atoms with van der Waals surface area (Å²) < 4.78 is 0. The topological polar surface area (TPSA) is 44.4 Å². The van der Waals surface area contributed by atoms with E-state index in [0.29, 0.717) is 6.54 Å². The Bertz CT molecular complexity index is 276. The molecule has 0 spiro atoms. The maximum Gasteiger partial charge on any atom is 0.236 e. The smallest absolute Gasteiger partial charge is 0.236 e. The minimum atomic E-state index is 0.262. The monoisotopic (exact) mass is 299 g/mol. The molecule has 0 aromatic carbocycles. The first-order chi connectivity index (χ1) is 9.86. The van der Waals surface area contributed by atoms with Crippen LogP contribution in [0.4, 0.5) is 0 Å². The molecule has 1 aliphatic heterocycles. The summed E-state index contributed by atoms with van der Waals surface area (Å²) in [6.07, 6.45) is 7.04. The molecule has 2 N–H and O–H groups in total. The van der Waals surface area contributed by atoms with Crippen molar-refractivity contribution < 1.29 is 4.79 Å². The van der Waals surface area contributed by atoms with E-state index in [2.05, 4.69) is 10.6 Å². The van der Waals surface area contributed by atoms with E-state index in [4.69, 9.17) is 0 Å². The predicted molar refractivity (Wildman–Crippen MR) is 86.2 cm³/mol. The molecular formula is C15H29N3OS. The third-order valence-electron chi connectivity index (χ3n) is 4.28. The van der Waals surface area contributed by atoms with Crippen molar-refractivity contribution in [3.05, 3.63) is 0 Å². The molecule has 1 amide bonds. The Labute approximate surface area is 127 Å². The van der Waals surface area contributed by atoms with Gasteiger partial charge < -0.3 is 15.5 Å². The number of thioether (sulfide) groups is 1. The number of nitrogens with zero attached hydrogens (tertiary/aromatic N) is 1. The quantitative estimate of drug-likeness (QED) is 0.696. The average molecular weight is 299 g/mol. The molecule has 0 radical (unpaired) electrons. The molecule has 2 fully saturated rings. The zero-order valence-electron chi connectivity index (χ0n) is 12.5. The highest BCUT2D eigenvalue weighted by molar-refractivity contribution is 7.99. The van der Waals surface area contributed by atoms with E-state index in [-0.39, 0.29) is 5.91 Å². The van der Waals surface area contributed by atoms with Crippen molar-refractivity contribution >= 4 is 17.7 Å². The largest absolute Gasteiger partial charge is 0.340 e. The average Bonchev–Trinajstić information content (AvgIpc) is 2.52. The zero-order valence-corrected chi connectivity index (χ0v) is 13.3. The molecule has 2 rings (SSSR count). The van der Waals surface area contributed by atoms with Gasteiger partial charge in [-0.15, -0.1) is 0 Å². The van der Waals surface area contributed by atoms with Crippen LogP contribution in [0.5, 0.6) is 0 Å². The maximum atomic E-state index is 11.9. The molecule has 116 valence electrons. The zero-order chi connectivity index (χ0) is 14.0. The summed E-state index contributed by atoms with van der Waals surface area (Å²) >= 11 is 1.94. The van der Waals surface area contributed by atoms with E-state index in [0.717, 1.165) is 50.1 Å². The van der Waals surface area contributed by atoms with Crippen LogP contribution in [-0.4, -0.2) is 61.6 Å². The van der Waals surface area contributed by atoms with Crippen molar-refractivity contribution in [3.63, 3.8) is 0 Å². The number of hydrogen-bond acceptors (Lipinski definition) is 4. The van der Waals surface area contributed by atoms with Gasteiger partial charge in [0.15, 0.2) is 0 Å². The van der Waals surface area contributed by atoms with E-state index in [9.17, 15) is 4.79 Å². The lowest BCUT2D eigenvalue weighted by molar-refractivity contribution is -0.129. The van der Waals surface area contributed by atoms with E-state index < -0.39 is 0 Å². The number of carbonyl (C=O) groups is 1. The molecule has 0 unspecified atom stereocenters. The standard InChI is InChI=1S/C15H29N3OS/c19-15(18-8-10-20-11-9-18)13-17-7-6-16-12-14-4-2-1-3-5-14/h14,16-17H,1-13H2. The Morgan fingerprint density at radius 3 is 2.50 bits per heavy atom. The second-order valence-electron chi connectivity index (χ2n) is 5.88. The molecule has 0 aromatic heterocycles. The molecule has 20 heavy (non-hydrogen) atoms. The van der Waals surface area contributed by atoms with Crippen molar-refractivity contribution in [1.29, 1.82) is 0 Å².